The second-order valence-electron chi connectivity index (χ2n) is 6.18. The zero-order valence-corrected chi connectivity index (χ0v) is 14.2. The molecule has 1 aromatic rings. The lowest BCUT2D eigenvalue weighted by Gasteiger charge is -2.33. The molecule has 2 saturated heterocycles. The van der Waals surface area contributed by atoms with Crippen molar-refractivity contribution < 1.29 is 37.0 Å². The normalized spacial score (nSPS) is 25.8. The van der Waals surface area contributed by atoms with Gasteiger partial charge >= 0.3 is 12.1 Å². The molecule has 0 aliphatic carbocycles. The van der Waals surface area contributed by atoms with Crippen LogP contribution in [0.15, 0.2) is 22.8 Å². The van der Waals surface area contributed by atoms with Gasteiger partial charge in [0.15, 0.2) is 0 Å². The molecule has 7 nitrogen and oxygen atoms in total. The molecule has 0 radical (unpaired) electrons. The SMILES string of the molecule is CNC(=O)[C@H]1C[C@@H]2CCN(Cc3ccco3)C[C@H]2O1.O=C(O)C(F)(F)F. The van der Waals surface area contributed by atoms with Crippen molar-refractivity contribution in [3.8, 4) is 0 Å². The lowest BCUT2D eigenvalue weighted by atomic mass is 9.91. The Hall–Kier alpha value is -2.07. The number of amides is 1. The van der Waals surface area contributed by atoms with Crippen molar-refractivity contribution in [2.75, 3.05) is 20.1 Å². The van der Waals surface area contributed by atoms with Crippen molar-refractivity contribution in [1.82, 2.24) is 10.2 Å². The van der Waals surface area contributed by atoms with Crippen LogP contribution in [0.3, 0.4) is 0 Å². The minimum absolute atomic E-state index is 0.00647. The molecular weight excluding hydrogens is 357 g/mol. The van der Waals surface area contributed by atoms with Crippen molar-refractivity contribution in [1.29, 1.82) is 0 Å². The molecule has 3 heterocycles. The fourth-order valence-electron chi connectivity index (χ4n) is 3.09. The number of carboxylic acids is 1. The van der Waals surface area contributed by atoms with Crippen LogP contribution in [0.25, 0.3) is 0 Å². The van der Waals surface area contributed by atoms with Gasteiger partial charge in [0.25, 0.3) is 0 Å². The van der Waals surface area contributed by atoms with E-state index in [2.05, 4.69) is 10.2 Å². The van der Waals surface area contributed by atoms with Crippen molar-refractivity contribution >= 4 is 11.9 Å². The Morgan fingerprint density at radius 3 is 2.65 bits per heavy atom. The second-order valence-corrected chi connectivity index (χ2v) is 6.18. The molecule has 0 aromatic carbocycles. The van der Waals surface area contributed by atoms with E-state index in [1.807, 2.05) is 12.1 Å². The number of piperidine rings is 1. The molecule has 26 heavy (non-hydrogen) atoms. The lowest BCUT2D eigenvalue weighted by molar-refractivity contribution is -0.192. The van der Waals surface area contributed by atoms with Gasteiger partial charge in [0.2, 0.25) is 5.91 Å². The summed E-state index contributed by atoms with van der Waals surface area (Å²) >= 11 is 0. The zero-order valence-electron chi connectivity index (χ0n) is 14.2. The fourth-order valence-corrected chi connectivity index (χ4v) is 3.09. The molecule has 0 spiro atoms. The van der Waals surface area contributed by atoms with Crippen LogP contribution >= 0.6 is 0 Å². The molecule has 1 amide bonds. The summed E-state index contributed by atoms with van der Waals surface area (Å²) < 4.78 is 43.0. The first kappa shape index (κ1) is 20.2. The number of aliphatic carboxylic acids is 1. The predicted octanol–water partition coefficient (Wildman–Crippen LogP) is 1.64. The minimum Gasteiger partial charge on any atom is -0.475 e. The molecular formula is C16H21F3N2O5. The third-order valence-electron chi connectivity index (χ3n) is 4.38. The maximum absolute atomic E-state index is 11.6. The number of fused-ring (bicyclic) bond motifs is 1. The molecule has 3 atom stereocenters. The van der Waals surface area contributed by atoms with Crippen LogP contribution in [0, 0.1) is 5.92 Å². The van der Waals surface area contributed by atoms with Gasteiger partial charge in [-0.15, -0.1) is 0 Å². The highest BCUT2D eigenvalue weighted by molar-refractivity contribution is 5.80. The van der Waals surface area contributed by atoms with E-state index < -0.39 is 12.1 Å². The van der Waals surface area contributed by atoms with Gasteiger partial charge < -0.3 is 19.6 Å². The fraction of sp³-hybridized carbons (Fsp3) is 0.625. The van der Waals surface area contributed by atoms with Crippen LogP contribution in [0.2, 0.25) is 0 Å². The van der Waals surface area contributed by atoms with E-state index in [1.165, 1.54) is 0 Å². The van der Waals surface area contributed by atoms with Gasteiger partial charge in [0.05, 0.1) is 18.9 Å². The number of halogens is 3. The quantitative estimate of drug-likeness (QED) is 0.831. The minimum atomic E-state index is -5.08. The highest BCUT2D eigenvalue weighted by atomic mass is 19.4. The molecule has 1 aromatic heterocycles. The number of carboxylic acid groups (broad SMARTS) is 1. The number of hydrogen-bond acceptors (Lipinski definition) is 5. The Balaban J connectivity index is 0.000000298. The Bertz CT molecular complexity index is 606. The number of carbonyl (C=O) groups is 2. The molecule has 2 aliphatic heterocycles. The van der Waals surface area contributed by atoms with E-state index in [0.717, 1.165) is 38.2 Å². The van der Waals surface area contributed by atoms with Crippen LogP contribution in [-0.2, 0) is 20.9 Å². The topological polar surface area (TPSA) is 92.0 Å². The number of likely N-dealkylation sites (tertiary alicyclic amines) is 1. The number of alkyl halides is 3. The third kappa shape index (κ3) is 5.46. The van der Waals surface area contributed by atoms with Crippen molar-refractivity contribution in [3.63, 3.8) is 0 Å². The summed E-state index contributed by atoms with van der Waals surface area (Å²) in [6, 6.07) is 3.91. The highest BCUT2D eigenvalue weighted by Gasteiger charge is 2.41. The molecule has 0 bridgehead atoms. The van der Waals surface area contributed by atoms with Crippen molar-refractivity contribution in [2.24, 2.45) is 5.92 Å². The maximum atomic E-state index is 11.6. The van der Waals surface area contributed by atoms with Gasteiger partial charge in [-0.3, -0.25) is 9.69 Å². The summed E-state index contributed by atoms with van der Waals surface area (Å²) in [5, 5.41) is 9.80. The number of likely N-dealkylation sites (N-methyl/N-ethyl adjacent to an activating group) is 1. The lowest BCUT2D eigenvalue weighted by Crippen LogP contribution is -2.42. The standard InChI is InChI=1S/C14H20N2O3.C2HF3O2/c1-15-14(17)12-7-10-4-5-16(9-13(10)19-12)8-11-3-2-6-18-11;3-2(4,5)1(6)7/h2-3,6,10,12-13H,4-5,7-9H2,1H3,(H,15,17);(H,6,7)/t10-,12+,13+;/m0./s1. The average Bonchev–Trinajstić information content (AvgIpc) is 3.22. The van der Waals surface area contributed by atoms with Crippen molar-refractivity contribution in [3.05, 3.63) is 24.2 Å². The number of carbonyl (C=O) groups excluding carboxylic acids is 1. The Kier molecular flexibility index (Phi) is 6.65. The Labute approximate surface area is 148 Å². The molecule has 2 aliphatic rings. The number of ether oxygens (including phenoxy) is 1. The second kappa shape index (κ2) is 8.54. The van der Waals surface area contributed by atoms with Crippen molar-refractivity contribution in [2.45, 2.75) is 37.8 Å². The van der Waals surface area contributed by atoms with E-state index in [-0.39, 0.29) is 18.1 Å². The zero-order chi connectivity index (χ0) is 19.3. The summed E-state index contributed by atoms with van der Waals surface area (Å²) in [4.78, 5) is 22.9. The number of nitrogens with zero attached hydrogens (tertiary/aromatic N) is 1. The van der Waals surface area contributed by atoms with Gasteiger partial charge in [-0.05, 0) is 37.4 Å². The first-order chi connectivity index (χ1) is 12.2. The number of hydrogen-bond donors (Lipinski definition) is 2. The third-order valence-corrected chi connectivity index (χ3v) is 4.38. The summed E-state index contributed by atoms with van der Waals surface area (Å²) in [5.41, 5.74) is 0. The van der Waals surface area contributed by atoms with E-state index in [9.17, 15) is 18.0 Å². The molecule has 0 saturated carbocycles. The number of rotatable bonds is 3. The molecule has 3 rings (SSSR count). The van der Waals surface area contributed by atoms with Gasteiger partial charge in [-0.2, -0.15) is 13.2 Å². The summed E-state index contributed by atoms with van der Waals surface area (Å²) in [6.07, 6.45) is -1.50. The molecule has 0 unspecified atom stereocenters. The van der Waals surface area contributed by atoms with Crippen LogP contribution in [0.1, 0.15) is 18.6 Å². The largest absolute Gasteiger partial charge is 0.490 e. The smallest absolute Gasteiger partial charge is 0.475 e. The van der Waals surface area contributed by atoms with E-state index in [0.29, 0.717) is 5.92 Å². The molecule has 2 fully saturated rings. The Morgan fingerprint density at radius 2 is 2.12 bits per heavy atom. The maximum Gasteiger partial charge on any atom is 0.490 e. The van der Waals surface area contributed by atoms with Crippen LogP contribution < -0.4 is 5.32 Å². The van der Waals surface area contributed by atoms with E-state index in [1.54, 1.807) is 13.3 Å². The summed E-state index contributed by atoms with van der Waals surface area (Å²) in [5.74, 6) is -1.24. The van der Waals surface area contributed by atoms with Crippen LogP contribution in [0.5, 0.6) is 0 Å². The molecule has 10 heteroatoms. The van der Waals surface area contributed by atoms with Crippen LogP contribution in [0.4, 0.5) is 13.2 Å². The summed E-state index contributed by atoms with van der Waals surface area (Å²) in [7, 11) is 1.66. The number of furan rings is 1. The first-order valence-electron chi connectivity index (χ1n) is 8.12. The predicted molar refractivity (Wildman–Crippen MR) is 83.1 cm³/mol. The molecule has 2 N–H and O–H groups in total. The molecule has 146 valence electrons. The monoisotopic (exact) mass is 378 g/mol. The van der Waals surface area contributed by atoms with Crippen LogP contribution in [-0.4, -0.2) is 60.4 Å². The number of nitrogens with one attached hydrogen (secondary N) is 1. The van der Waals surface area contributed by atoms with E-state index >= 15 is 0 Å². The highest BCUT2D eigenvalue weighted by Crippen LogP contribution is 2.33. The Morgan fingerprint density at radius 1 is 1.42 bits per heavy atom. The van der Waals surface area contributed by atoms with Gasteiger partial charge in [-0.1, -0.05) is 0 Å². The van der Waals surface area contributed by atoms with Gasteiger partial charge in [-0.25, -0.2) is 4.79 Å². The van der Waals surface area contributed by atoms with E-state index in [4.69, 9.17) is 19.1 Å². The summed E-state index contributed by atoms with van der Waals surface area (Å²) in [6.45, 7) is 2.76. The van der Waals surface area contributed by atoms with Gasteiger partial charge in [0.1, 0.15) is 11.9 Å². The van der Waals surface area contributed by atoms with Gasteiger partial charge in [0, 0.05) is 13.6 Å². The first-order valence-corrected chi connectivity index (χ1v) is 8.12. The average molecular weight is 378 g/mol.